The van der Waals surface area contributed by atoms with Crippen molar-refractivity contribution in [3.63, 3.8) is 0 Å². The number of nitrogens with one attached hydrogen (secondary N) is 1. The van der Waals surface area contributed by atoms with Gasteiger partial charge in [0.2, 0.25) is 5.82 Å². The number of benzene rings is 2. The lowest BCUT2D eigenvalue weighted by Crippen LogP contribution is -2.12. The average Bonchev–Trinajstić information content (AvgIpc) is 3.61. The summed E-state index contributed by atoms with van der Waals surface area (Å²) >= 11 is 15.2. The first-order valence-corrected chi connectivity index (χ1v) is 13.0. The highest BCUT2D eigenvalue weighted by Crippen LogP contribution is 2.33. The fourth-order valence-electron chi connectivity index (χ4n) is 3.23. The largest absolute Gasteiger partial charge is 0.461 e. The fraction of sp³-hybridized carbons (Fsp3) is 0.0833. The molecule has 5 aromatic rings. The Morgan fingerprint density at radius 1 is 1.11 bits per heavy atom. The van der Waals surface area contributed by atoms with Gasteiger partial charge in [0.25, 0.3) is 5.91 Å². The molecule has 0 aliphatic heterocycles. The maximum atomic E-state index is 12.6. The van der Waals surface area contributed by atoms with Gasteiger partial charge in [0, 0.05) is 11.1 Å². The van der Waals surface area contributed by atoms with Crippen molar-refractivity contribution in [3.05, 3.63) is 92.6 Å². The summed E-state index contributed by atoms with van der Waals surface area (Å²) in [5.41, 5.74) is 2.97. The molecule has 176 valence electrons. The molecule has 0 atom stereocenters. The SMILES string of the molecule is Cc1ccc(NC(=O)c2csc(CSc3nnc(-c4ccco4)n3-c3ccc(Cl)c(Cl)c3)n2)cc1. The van der Waals surface area contributed by atoms with E-state index in [4.69, 9.17) is 27.6 Å². The number of thiazole rings is 1. The predicted molar refractivity (Wildman–Crippen MR) is 140 cm³/mol. The number of halogens is 2. The zero-order valence-electron chi connectivity index (χ0n) is 18.2. The van der Waals surface area contributed by atoms with Gasteiger partial charge in [-0.2, -0.15) is 0 Å². The minimum atomic E-state index is -0.250. The van der Waals surface area contributed by atoms with Crippen LogP contribution in [0, 0.1) is 6.92 Å². The average molecular weight is 542 g/mol. The van der Waals surface area contributed by atoms with Crippen molar-refractivity contribution in [1.82, 2.24) is 19.7 Å². The van der Waals surface area contributed by atoms with E-state index >= 15 is 0 Å². The van der Waals surface area contributed by atoms with Crippen LogP contribution in [0.4, 0.5) is 5.69 Å². The third kappa shape index (κ3) is 5.28. The maximum Gasteiger partial charge on any atom is 0.275 e. The smallest absolute Gasteiger partial charge is 0.275 e. The Morgan fingerprint density at radius 2 is 1.94 bits per heavy atom. The number of rotatable bonds is 7. The van der Waals surface area contributed by atoms with Crippen LogP contribution in [0.5, 0.6) is 0 Å². The Bertz CT molecular complexity index is 1480. The maximum absolute atomic E-state index is 12.6. The molecule has 0 saturated heterocycles. The van der Waals surface area contributed by atoms with Gasteiger partial charge >= 0.3 is 0 Å². The lowest BCUT2D eigenvalue weighted by molar-refractivity contribution is 0.102. The van der Waals surface area contributed by atoms with Crippen molar-refractivity contribution in [1.29, 1.82) is 0 Å². The van der Waals surface area contributed by atoms with Crippen molar-refractivity contribution in [2.45, 2.75) is 17.8 Å². The topological polar surface area (TPSA) is 85.8 Å². The summed E-state index contributed by atoms with van der Waals surface area (Å²) in [6, 6.07) is 16.5. The van der Waals surface area contributed by atoms with Gasteiger partial charge in [0.1, 0.15) is 10.7 Å². The Balaban J connectivity index is 1.35. The number of nitrogens with zero attached hydrogens (tertiary/aromatic N) is 4. The fourth-order valence-corrected chi connectivity index (χ4v) is 5.26. The second-order valence-electron chi connectivity index (χ2n) is 7.45. The van der Waals surface area contributed by atoms with E-state index in [0.717, 1.165) is 21.9 Å². The molecule has 35 heavy (non-hydrogen) atoms. The first-order valence-electron chi connectivity index (χ1n) is 10.4. The third-order valence-corrected chi connectivity index (χ3v) is 7.67. The van der Waals surface area contributed by atoms with Crippen molar-refractivity contribution >= 4 is 57.9 Å². The number of furan rings is 1. The number of aromatic nitrogens is 4. The molecule has 0 fully saturated rings. The monoisotopic (exact) mass is 541 g/mol. The molecule has 3 heterocycles. The van der Waals surface area contributed by atoms with Crippen LogP contribution in [-0.4, -0.2) is 25.7 Å². The molecule has 0 radical (unpaired) electrons. The molecule has 1 N–H and O–H groups in total. The molecule has 5 rings (SSSR count). The van der Waals surface area contributed by atoms with Gasteiger partial charge in [-0.1, -0.05) is 52.7 Å². The lowest BCUT2D eigenvalue weighted by atomic mass is 10.2. The van der Waals surface area contributed by atoms with Crippen LogP contribution in [0.3, 0.4) is 0 Å². The molecule has 11 heteroatoms. The predicted octanol–water partition coefficient (Wildman–Crippen LogP) is 7.14. The second kappa shape index (κ2) is 10.2. The molecule has 0 saturated carbocycles. The van der Waals surface area contributed by atoms with E-state index in [1.807, 2.05) is 47.9 Å². The Labute approximate surface area is 219 Å². The van der Waals surface area contributed by atoms with Crippen LogP contribution < -0.4 is 5.32 Å². The summed E-state index contributed by atoms with van der Waals surface area (Å²) in [6.45, 7) is 2.00. The second-order valence-corrected chi connectivity index (χ2v) is 10.2. The highest BCUT2D eigenvalue weighted by Gasteiger charge is 2.20. The zero-order chi connectivity index (χ0) is 24.4. The van der Waals surface area contributed by atoms with Crippen LogP contribution in [0.2, 0.25) is 10.0 Å². The number of thioether (sulfide) groups is 1. The number of aryl methyl sites for hydroxylation is 1. The third-order valence-electron chi connectivity index (χ3n) is 4.95. The molecular formula is C24H17Cl2N5O2S2. The first kappa shape index (κ1) is 23.6. The molecule has 2 aromatic carbocycles. The number of hydrogen-bond donors (Lipinski definition) is 1. The van der Waals surface area contributed by atoms with Crippen LogP contribution in [0.1, 0.15) is 21.1 Å². The molecule has 0 spiro atoms. The normalized spacial score (nSPS) is 11.1. The van der Waals surface area contributed by atoms with Gasteiger partial charge in [-0.3, -0.25) is 9.36 Å². The molecule has 0 unspecified atom stereocenters. The van der Waals surface area contributed by atoms with E-state index < -0.39 is 0 Å². The van der Waals surface area contributed by atoms with Crippen molar-refractivity contribution in [3.8, 4) is 17.3 Å². The Morgan fingerprint density at radius 3 is 2.69 bits per heavy atom. The highest BCUT2D eigenvalue weighted by molar-refractivity contribution is 7.98. The van der Waals surface area contributed by atoms with Crippen LogP contribution in [-0.2, 0) is 5.75 Å². The molecular weight excluding hydrogens is 525 g/mol. The quantitative estimate of drug-likeness (QED) is 0.220. The number of hydrogen-bond acceptors (Lipinski definition) is 7. The first-order chi connectivity index (χ1) is 17.0. The zero-order valence-corrected chi connectivity index (χ0v) is 21.4. The summed E-state index contributed by atoms with van der Waals surface area (Å²) < 4.78 is 7.40. The van der Waals surface area contributed by atoms with Gasteiger partial charge in [0.15, 0.2) is 10.9 Å². The van der Waals surface area contributed by atoms with E-state index in [-0.39, 0.29) is 5.91 Å². The van der Waals surface area contributed by atoms with Crippen molar-refractivity contribution in [2.24, 2.45) is 0 Å². The van der Waals surface area contributed by atoms with Gasteiger partial charge in [-0.15, -0.1) is 21.5 Å². The standard InChI is InChI=1S/C24H17Cl2N5O2S2/c1-14-4-6-15(7-5-14)27-23(32)19-12-34-21(28-19)13-35-24-30-29-22(20-3-2-10-33-20)31(24)16-8-9-17(25)18(26)11-16/h2-12H,13H2,1H3,(H,27,32). The van der Waals surface area contributed by atoms with E-state index in [9.17, 15) is 4.79 Å². The van der Waals surface area contributed by atoms with Gasteiger partial charge in [0.05, 0.1) is 27.7 Å². The van der Waals surface area contributed by atoms with Crippen LogP contribution in [0.15, 0.2) is 75.8 Å². The summed E-state index contributed by atoms with van der Waals surface area (Å²) in [6.07, 6.45) is 1.58. The van der Waals surface area contributed by atoms with E-state index in [1.54, 1.807) is 29.8 Å². The van der Waals surface area contributed by atoms with Crippen molar-refractivity contribution in [2.75, 3.05) is 5.32 Å². The van der Waals surface area contributed by atoms with Gasteiger partial charge < -0.3 is 9.73 Å². The Hall–Kier alpha value is -3.11. The van der Waals surface area contributed by atoms with Gasteiger partial charge in [-0.25, -0.2) is 4.98 Å². The minimum Gasteiger partial charge on any atom is -0.461 e. The molecule has 0 aliphatic carbocycles. The summed E-state index contributed by atoms with van der Waals surface area (Å²) in [4.78, 5) is 17.1. The molecule has 7 nitrogen and oxygen atoms in total. The number of carbonyl (C=O) groups is 1. The van der Waals surface area contributed by atoms with Crippen LogP contribution >= 0.6 is 46.3 Å². The van der Waals surface area contributed by atoms with E-state index in [2.05, 4.69) is 20.5 Å². The summed E-state index contributed by atoms with van der Waals surface area (Å²) in [7, 11) is 0. The van der Waals surface area contributed by atoms with Crippen molar-refractivity contribution < 1.29 is 9.21 Å². The summed E-state index contributed by atoms with van der Waals surface area (Å²) in [5.74, 6) is 1.36. The van der Waals surface area contributed by atoms with Gasteiger partial charge in [-0.05, 0) is 49.4 Å². The molecule has 0 aliphatic rings. The lowest BCUT2D eigenvalue weighted by Gasteiger charge is -2.10. The molecule has 1 amide bonds. The number of amides is 1. The number of anilines is 1. The molecule has 0 bridgehead atoms. The minimum absolute atomic E-state index is 0.250. The molecule has 3 aromatic heterocycles. The highest BCUT2D eigenvalue weighted by atomic mass is 35.5. The van der Waals surface area contributed by atoms with E-state index in [1.165, 1.54) is 23.1 Å². The number of carbonyl (C=O) groups excluding carboxylic acids is 1. The van der Waals surface area contributed by atoms with Crippen LogP contribution in [0.25, 0.3) is 17.3 Å². The van der Waals surface area contributed by atoms with E-state index in [0.29, 0.717) is 38.2 Å². The summed E-state index contributed by atoms with van der Waals surface area (Å²) in [5, 5.41) is 15.6. The Kier molecular flexibility index (Phi) is 6.92.